The molecule has 0 aliphatic rings. The summed E-state index contributed by atoms with van der Waals surface area (Å²) in [5.41, 5.74) is 2.32. The number of pyridine rings is 1. The average molecular weight is 312 g/mol. The molecule has 2 aromatic rings. The van der Waals surface area contributed by atoms with Gasteiger partial charge < -0.3 is 4.90 Å². The maximum absolute atomic E-state index is 5.87. The van der Waals surface area contributed by atoms with Crippen molar-refractivity contribution in [2.75, 3.05) is 11.9 Å². The first kappa shape index (κ1) is 12.4. The van der Waals surface area contributed by atoms with E-state index in [-0.39, 0.29) is 0 Å². The molecule has 0 amide bonds. The van der Waals surface area contributed by atoms with Crippen LogP contribution in [0.25, 0.3) is 0 Å². The molecule has 0 atom stereocenters. The van der Waals surface area contributed by atoms with Crippen molar-refractivity contribution in [2.24, 2.45) is 0 Å². The molecule has 0 bridgehead atoms. The van der Waals surface area contributed by atoms with Gasteiger partial charge in [0, 0.05) is 29.9 Å². The largest absolute Gasteiger partial charge is 0.370 e. The van der Waals surface area contributed by atoms with E-state index in [4.69, 9.17) is 11.6 Å². The fourth-order valence-electron chi connectivity index (χ4n) is 1.58. The fourth-order valence-corrected chi connectivity index (χ4v) is 2.02. The molecule has 0 spiro atoms. The van der Waals surface area contributed by atoms with E-state index < -0.39 is 0 Å². The van der Waals surface area contributed by atoms with E-state index >= 15 is 0 Å². The zero-order chi connectivity index (χ0) is 12.3. The van der Waals surface area contributed by atoms with Crippen molar-refractivity contribution in [1.29, 1.82) is 0 Å². The highest BCUT2D eigenvalue weighted by molar-refractivity contribution is 9.10. The molecule has 1 heterocycles. The van der Waals surface area contributed by atoms with E-state index in [1.165, 1.54) is 5.56 Å². The van der Waals surface area contributed by atoms with Crippen molar-refractivity contribution in [3.05, 3.63) is 57.8 Å². The SMILES string of the molecule is CN(Cc1ccc(Br)cc1)c1ccnc(Cl)c1. The van der Waals surface area contributed by atoms with Gasteiger partial charge in [-0.1, -0.05) is 39.7 Å². The van der Waals surface area contributed by atoms with Crippen LogP contribution >= 0.6 is 27.5 Å². The summed E-state index contributed by atoms with van der Waals surface area (Å²) in [6.45, 7) is 0.841. The van der Waals surface area contributed by atoms with Crippen molar-refractivity contribution in [3.8, 4) is 0 Å². The second-order valence-corrected chi connectivity index (χ2v) is 5.12. The third kappa shape index (κ3) is 3.45. The van der Waals surface area contributed by atoms with Gasteiger partial charge in [-0.25, -0.2) is 4.98 Å². The predicted octanol–water partition coefficient (Wildman–Crippen LogP) is 4.13. The van der Waals surface area contributed by atoms with Crippen LogP contribution in [-0.2, 0) is 6.54 Å². The Hall–Kier alpha value is -1.06. The zero-order valence-corrected chi connectivity index (χ0v) is 11.7. The molecule has 0 aliphatic carbocycles. The molecule has 0 unspecified atom stereocenters. The van der Waals surface area contributed by atoms with Gasteiger partial charge in [0.25, 0.3) is 0 Å². The summed E-state index contributed by atoms with van der Waals surface area (Å²) >= 11 is 9.30. The quantitative estimate of drug-likeness (QED) is 0.792. The van der Waals surface area contributed by atoms with E-state index in [1.807, 2.05) is 31.3 Å². The Bertz CT molecular complexity index is 499. The second kappa shape index (κ2) is 5.52. The molecule has 0 N–H and O–H groups in total. The smallest absolute Gasteiger partial charge is 0.131 e. The number of halogens is 2. The third-order valence-corrected chi connectivity index (χ3v) is 3.22. The van der Waals surface area contributed by atoms with E-state index in [0.29, 0.717) is 5.15 Å². The molecule has 0 saturated carbocycles. The number of hydrogen-bond donors (Lipinski definition) is 0. The van der Waals surface area contributed by atoms with Gasteiger partial charge in [0.1, 0.15) is 5.15 Å². The number of anilines is 1. The van der Waals surface area contributed by atoms with Crippen LogP contribution in [0.15, 0.2) is 47.1 Å². The van der Waals surface area contributed by atoms with Crippen LogP contribution in [0.1, 0.15) is 5.56 Å². The molecule has 0 fully saturated rings. The van der Waals surface area contributed by atoms with Crippen molar-refractivity contribution < 1.29 is 0 Å². The van der Waals surface area contributed by atoms with Gasteiger partial charge in [-0.05, 0) is 29.8 Å². The Kier molecular flexibility index (Phi) is 4.02. The van der Waals surface area contributed by atoms with Crippen molar-refractivity contribution in [2.45, 2.75) is 6.54 Å². The van der Waals surface area contributed by atoms with Crippen LogP contribution in [-0.4, -0.2) is 12.0 Å². The van der Waals surface area contributed by atoms with Crippen LogP contribution in [0.5, 0.6) is 0 Å². The monoisotopic (exact) mass is 310 g/mol. The minimum absolute atomic E-state index is 0.519. The van der Waals surface area contributed by atoms with Gasteiger partial charge in [0.2, 0.25) is 0 Å². The minimum Gasteiger partial charge on any atom is -0.370 e. The predicted molar refractivity (Wildman–Crippen MR) is 75.5 cm³/mol. The minimum atomic E-state index is 0.519. The Balaban J connectivity index is 2.11. The van der Waals surface area contributed by atoms with Gasteiger partial charge in [-0.2, -0.15) is 0 Å². The number of benzene rings is 1. The molecule has 0 radical (unpaired) electrons. The Morgan fingerprint density at radius 2 is 1.94 bits per heavy atom. The second-order valence-electron chi connectivity index (χ2n) is 3.82. The molecule has 2 nitrogen and oxygen atoms in total. The summed E-state index contributed by atoms with van der Waals surface area (Å²) in [4.78, 5) is 6.11. The topological polar surface area (TPSA) is 16.1 Å². The molecular formula is C13H12BrClN2. The first-order valence-corrected chi connectivity index (χ1v) is 6.39. The molecule has 2 rings (SSSR count). The Morgan fingerprint density at radius 3 is 2.59 bits per heavy atom. The van der Waals surface area contributed by atoms with Gasteiger partial charge in [-0.3, -0.25) is 0 Å². The highest BCUT2D eigenvalue weighted by Crippen LogP contribution is 2.19. The third-order valence-electron chi connectivity index (χ3n) is 2.48. The highest BCUT2D eigenvalue weighted by atomic mass is 79.9. The van der Waals surface area contributed by atoms with Crippen LogP contribution in [0.2, 0.25) is 5.15 Å². The molecule has 1 aromatic carbocycles. The number of aromatic nitrogens is 1. The van der Waals surface area contributed by atoms with Gasteiger partial charge in [0.05, 0.1) is 0 Å². The standard InChI is InChI=1S/C13H12BrClN2/c1-17(12-6-7-16-13(15)8-12)9-10-2-4-11(14)5-3-10/h2-8H,9H2,1H3. The molecule has 1 aromatic heterocycles. The number of nitrogens with zero attached hydrogens (tertiary/aromatic N) is 2. The van der Waals surface area contributed by atoms with Gasteiger partial charge in [0.15, 0.2) is 0 Å². The summed E-state index contributed by atoms with van der Waals surface area (Å²) < 4.78 is 1.09. The van der Waals surface area contributed by atoms with E-state index in [0.717, 1.165) is 16.7 Å². The Morgan fingerprint density at radius 1 is 1.24 bits per heavy atom. The van der Waals surface area contributed by atoms with Crippen LogP contribution < -0.4 is 4.90 Å². The number of hydrogen-bond acceptors (Lipinski definition) is 2. The lowest BCUT2D eigenvalue weighted by Gasteiger charge is -2.19. The highest BCUT2D eigenvalue weighted by Gasteiger charge is 2.03. The van der Waals surface area contributed by atoms with Crippen molar-refractivity contribution in [1.82, 2.24) is 4.98 Å². The normalized spacial score (nSPS) is 10.3. The molecule has 17 heavy (non-hydrogen) atoms. The molecule has 88 valence electrons. The molecule has 0 aliphatic heterocycles. The van der Waals surface area contributed by atoms with Crippen molar-refractivity contribution >= 4 is 33.2 Å². The van der Waals surface area contributed by atoms with E-state index in [1.54, 1.807) is 6.20 Å². The van der Waals surface area contributed by atoms with E-state index in [2.05, 4.69) is 37.9 Å². The maximum Gasteiger partial charge on any atom is 0.131 e. The maximum atomic E-state index is 5.87. The molecule has 4 heteroatoms. The van der Waals surface area contributed by atoms with Crippen LogP contribution in [0.3, 0.4) is 0 Å². The lowest BCUT2D eigenvalue weighted by Crippen LogP contribution is -2.16. The summed E-state index contributed by atoms with van der Waals surface area (Å²) in [5, 5.41) is 0.519. The van der Waals surface area contributed by atoms with Crippen LogP contribution in [0, 0.1) is 0 Å². The number of rotatable bonds is 3. The Labute approximate surface area is 114 Å². The average Bonchev–Trinajstić information content (AvgIpc) is 2.32. The molecule has 0 saturated heterocycles. The van der Waals surface area contributed by atoms with E-state index in [9.17, 15) is 0 Å². The van der Waals surface area contributed by atoms with Crippen molar-refractivity contribution in [3.63, 3.8) is 0 Å². The first-order chi connectivity index (χ1) is 8.15. The summed E-state index contributed by atoms with van der Waals surface area (Å²) in [6.07, 6.45) is 1.72. The zero-order valence-electron chi connectivity index (χ0n) is 9.40. The molecular weight excluding hydrogens is 300 g/mol. The fraction of sp³-hybridized carbons (Fsp3) is 0.154. The van der Waals surface area contributed by atoms with Crippen LogP contribution in [0.4, 0.5) is 5.69 Å². The lowest BCUT2D eigenvalue weighted by atomic mass is 10.2. The summed E-state index contributed by atoms with van der Waals surface area (Å²) in [7, 11) is 2.04. The van der Waals surface area contributed by atoms with Gasteiger partial charge in [-0.15, -0.1) is 0 Å². The first-order valence-electron chi connectivity index (χ1n) is 5.22. The lowest BCUT2D eigenvalue weighted by molar-refractivity contribution is 0.920. The summed E-state index contributed by atoms with van der Waals surface area (Å²) in [5.74, 6) is 0. The summed E-state index contributed by atoms with van der Waals surface area (Å²) in [6, 6.07) is 12.1. The van der Waals surface area contributed by atoms with Gasteiger partial charge >= 0.3 is 0 Å².